The summed E-state index contributed by atoms with van der Waals surface area (Å²) < 4.78 is 0. The number of halogens is 1. The fourth-order valence-electron chi connectivity index (χ4n) is 1.99. The number of imide groups is 1. The van der Waals surface area contributed by atoms with Crippen LogP contribution >= 0.6 is 11.6 Å². The van der Waals surface area contributed by atoms with E-state index in [2.05, 4.69) is 5.32 Å². The first-order chi connectivity index (χ1) is 8.88. The highest BCUT2D eigenvalue weighted by atomic mass is 35.5. The van der Waals surface area contributed by atoms with Crippen LogP contribution in [0.1, 0.15) is 22.8 Å². The third-order valence-electron chi connectivity index (χ3n) is 2.97. The Bertz CT molecular complexity index is 551. The quantitative estimate of drug-likeness (QED) is 0.785. The van der Waals surface area contributed by atoms with Gasteiger partial charge < -0.3 is 4.90 Å². The molecule has 1 aliphatic heterocycles. The molecule has 0 aliphatic carbocycles. The third kappa shape index (κ3) is 2.76. The summed E-state index contributed by atoms with van der Waals surface area (Å²) in [6.07, 6.45) is 0. The molecule has 1 unspecified atom stereocenters. The van der Waals surface area contributed by atoms with Crippen molar-refractivity contribution < 1.29 is 14.4 Å². The molecular formula is C13H13ClN2O3. The van der Waals surface area contributed by atoms with Crippen LogP contribution in [-0.4, -0.2) is 35.2 Å². The van der Waals surface area contributed by atoms with E-state index in [-0.39, 0.29) is 12.5 Å². The third-order valence-corrected chi connectivity index (χ3v) is 3.19. The van der Waals surface area contributed by atoms with Gasteiger partial charge in [-0.1, -0.05) is 11.6 Å². The Kier molecular flexibility index (Phi) is 3.57. The van der Waals surface area contributed by atoms with Gasteiger partial charge in [-0.2, -0.15) is 0 Å². The lowest BCUT2D eigenvalue weighted by molar-refractivity contribution is -0.138. The minimum Gasteiger partial charge on any atom is -0.318 e. The Morgan fingerprint density at radius 3 is 2.68 bits per heavy atom. The van der Waals surface area contributed by atoms with Crippen LogP contribution in [0.2, 0.25) is 5.02 Å². The van der Waals surface area contributed by atoms with Gasteiger partial charge in [0, 0.05) is 10.6 Å². The molecule has 0 bridgehead atoms. The van der Waals surface area contributed by atoms with Gasteiger partial charge in [-0.15, -0.1) is 0 Å². The molecule has 1 fully saturated rings. The molecule has 0 aromatic heterocycles. The van der Waals surface area contributed by atoms with E-state index in [0.29, 0.717) is 10.6 Å². The second-order valence-electron chi connectivity index (χ2n) is 4.54. The first kappa shape index (κ1) is 13.5. The van der Waals surface area contributed by atoms with E-state index in [9.17, 15) is 14.4 Å². The van der Waals surface area contributed by atoms with Gasteiger partial charge in [0.15, 0.2) is 0 Å². The van der Waals surface area contributed by atoms with Gasteiger partial charge in [0.1, 0.15) is 12.6 Å². The monoisotopic (exact) mass is 280 g/mol. The van der Waals surface area contributed by atoms with E-state index in [1.165, 1.54) is 11.0 Å². The number of carbonyl (C=O) groups excluding carboxylic acids is 3. The summed E-state index contributed by atoms with van der Waals surface area (Å²) in [5.41, 5.74) is 1.22. The van der Waals surface area contributed by atoms with Crippen molar-refractivity contribution in [3.05, 3.63) is 34.3 Å². The predicted octanol–water partition coefficient (Wildman–Crippen LogP) is 1.14. The smallest absolute Gasteiger partial charge is 0.255 e. The maximum Gasteiger partial charge on any atom is 0.255 e. The summed E-state index contributed by atoms with van der Waals surface area (Å²) in [5, 5.41) is 2.64. The molecule has 1 N–H and O–H groups in total. The lowest BCUT2D eigenvalue weighted by atomic mass is 10.1. The Morgan fingerprint density at radius 2 is 2.05 bits per heavy atom. The van der Waals surface area contributed by atoms with Crippen LogP contribution in [0.25, 0.3) is 0 Å². The molecule has 1 aliphatic rings. The molecule has 1 atom stereocenters. The number of rotatable bonds is 1. The van der Waals surface area contributed by atoms with Crippen molar-refractivity contribution in [3.8, 4) is 0 Å². The number of benzene rings is 1. The number of hydrogen-bond donors (Lipinski definition) is 1. The Balaban J connectivity index is 2.32. The van der Waals surface area contributed by atoms with Crippen LogP contribution in [0.4, 0.5) is 0 Å². The van der Waals surface area contributed by atoms with E-state index in [0.717, 1.165) is 5.56 Å². The fraction of sp³-hybridized carbons (Fsp3) is 0.308. The second kappa shape index (κ2) is 5.01. The Labute approximate surface area is 115 Å². The zero-order valence-electron chi connectivity index (χ0n) is 10.6. The number of carbonyl (C=O) groups is 3. The van der Waals surface area contributed by atoms with Crippen molar-refractivity contribution in [2.45, 2.75) is 19.9 Å². The Morgan fingerprint density at radius 1 is 1.37 bits per heavy atom. The molecule has 0 saturated carbocycles. The highest BCUT2D eigenvalue weighted by molar-refractivity contribution is 6.31. The Hall–Kier alpha value is -1.88. The zero-order chi connectivity index (χ0) is 14.2. The highest BCUT2D eigenvalue weighted by Crippen LogP contribution is 2.18. The van der Waals surface area contributed by atoms with Crippen LogP contribution in [0.15, 0.2) is 18.2 Å². The largest absolute Gasteiger partial charge is 0.318 e. The van der Waals surface area contributed by atoms with Gasteiger partial charge in [0.2, 0.25) is 11.8 Å². The number of amides is 3. The number of nitrogens with one attached hydrogen (secondary N) is 1. The average Bonchev–Trinajstić information content (AvgIpc) is 2.31. The first-order valence-corrected chi connectivity index (χ1v) is 6.18. The van der Waals surface area contributed by atoms with E-state index in [1.807, 2.05) is 6.92 Å². The second-order valence-corrected chi connectivity index (χ2v) is 4.98. The summed E-state index contributed by atoms with van der Waals surface area (Å²) in [6.45, 7) is 3.27. The van der Waals surface area contributed by atoms with E-state index >= 15 is 0 Å². The fourth-order valence-corrected chi connectivity index (χ4v) is 2.28. The lowest BCUT2D eigenvalue weighted by Crippen LogP contribution is -2.58. The molecule has 100 valence electrons. The number of hydrogen-bond acceptors (Lipinski definition) is 3. The number of nitrogens with zero attached hydrogens (tertiary/aromatic N) is 1. The van der Waals surface area contributed by atoms with Crippen molar-refractivity contribution in [3.63, 3.8) is 0 Å². The zero-order valence-corrected chi connectivity index (χ0v) is 11.3. The van der Waals surface area contributed by atoms with E-state index in [4.69, 9.17) is 11.6 Å². The van der Waals surface area contributed by atoms with Gasteiger partial charge in [0.25, 0.3) is 5.91 Å². The maximum absolute atomic E-state index is 12.3. The van der Waals surface area contributed by atoms with Gasteiger partial charge >= 0.3 is 0 Å². The summed E-state index contributed by atoms with van der Waals surface area (Å²) in [6, 6.07) is 4.26. The predicted molar refractivity (Wildman–Crippen MR) is 69.8 cm³/mol. The highest BCUT2D eigenvalue weighted by Gasteiger charge is 2.34. The minimum absolute atomic E-state index is 0.128. The number of piperazine rings is 1. The van der Waals surface area contributed by atoms with Crippen molar-refractivity contribution in [2.24, 2.45) is 0 Å². The molecule has 5 nitrogen and oxygen atoms in total. The van der Waals surface area contributed by atoms with Crippen LogP contribution < -0.4 is 5.32 Å². The first-order valence-electron chi connectivity index (χ1n) is 5.80. The summed E-state index contributed by atoms with van der Waals surface area (Å²) in [4.78, 5) is 36.5. The molecule has 1 aromatic carbocycles. The van der Waals surface area contributed by atoms with Crippen molar-refractivity contribution in [1.82, 2.24) is 10.2 Å². The number of aryl methyl sites for hydroxylation is 1. The molecule has 1 aromatic rings. The SMILES string of the molecule is Cc1cc(Cl)cc(C(=O)N2CC(=O)NC(=O)C2C)c1. The van der Waals surface area contributed by atoms with Crippen molar-refractivity contribution >= 4 is 29.3 Å². The van der Waals surface area contributed by atoms with Crippen LogP contribution in [0, 0.1) is 6.92 Å². The van der Waals surface area contributed by atoms with Crippen molar-refractivity contribution in [2.75, 3.05) is 6.54 Å². The van der Waals surface area contributed by atoms with E-state index < -0.39 is 17.9 Å². The van der Waals surface area contributed by atoms with Gasteiger partial charge in [-0.25, -0.2) is 0 Å². The molecular weight excluding hydrogens is 268 g/mol. The topological polar surface area (TPSA) is 66.5 Å². The lowest BCUT2D eigenvalue weighted by Gasteiger charge is -2.31. The molecule has 3 amide bonds. The summed E-state index contributed by atoms with van der Waals surface area (Å²) >= 11 is 5.91. The average molecular weight is 281 g/mol. The van der Waals surface area contributed by atoms with Gasteiger partial charge in [-0.05, 0) is 37.6 Å². The molecule has 0 radical (unpaired) electrons. The minimum atomic E-state index is -0.676. The standard InChI is InChI=1S/C13H13ClN2O3/c1-7-3-9(5-10(14)4-7)13(19)16-6-11(17)15-12(18)8(16)2/h3-5,8H,6H2,1-2H3,(H,15,17,18). The van der Waals surface area contributed by atoms with Crippen molar-refractivity contribution in [1.29, 1.82) is 0 Å². The molecule has 6 heteroatoms. The van der Waals surface area contributed by atoms with Crippen LogP contribution in [0.3, 0.4) is 0 Å². The van der Waals surface area contributed by atoms with Crippen LogP contribution in [0.5, 0.6) is 0 Å². The summed E-state index contributed by atoms with van der Waals surface area (Å²) in [7, 11) is 0. The molecule has 1 heterocycles. The van der Waals surface area contributed by atoms with Gasteiger partial charge in [0.05, 0.1) is 0 Å². The van der Waals surface area contributed by atoms with Gasteiger partial charge in [-0.3, -0.25) is 19.7 Å². The molecule has 0 spiro atoms. The normalized spacial score (nSPS) is 19.3. The van der Waals surface area contributed by atoms with Crippen LogP contribution in [-0.2, 0) is 9.59 Å². The molecule has 1 saturated heterocycles. The maximum atomic E-state index is 12.3. The van der Waals surface area contributed by atoms with E-state index in [1.54, 1.807) is 19.1 Å². The molecule has 19 heavy (non-hydrogen) atoms. The molecule has 2 rings (SSSR count). The summed E-state index contributed by atoms with van der Waals surface area (Å²) in [5.74, 6) is -1.32.